The van der Waals surface area contributed by atoms with E-state index in [-0.39, 0.29) is 5.75 Å². The van der Waals surface area contributed by atoms with Crippen LogP contribution >= 0.6 is 0 Å². The summed E-state index contributed by atoms with van der Waals surface area (Å²) in [6, 6.07) is 0. The van der Waals surface area contributed by atoms with Crippen molar-refractivity contribution < 1.29 is 8.42 Å². The highest BCUT2D eigenvalue weighted by Gasteiger charge is 2.24. The first-order valence-electron chi connectivity index (χ1n) is 6.61. The van der Waals surface area contributed by atoms with Crippen LogP contribution in [0.15, 0.2) is 0 Å². The van der Waals surface area contributed by atoms with Gasteiger partial charge in [-0.2, -0.15) is 0 Å². The Morgan fingerprint density at radius 1 is 1.41 bits per heavy atom. The van der Waals surface area contributed by atoms with Gasteiger partial charge in [0, 0.05) is 12.3 Å². The highest BCUT2D eigenvalue weighted by Crippen LogP contribution is 2.22. The zero-order chi connectivity index (χ0) is 12.9. The Balaban J connectivity index is 2.29. The van der Waals surface area contributed by atoms with Crippen LogP contribution in [0.2, 0.25) is 0 Å². The van der Waals surface area contributed by atoms with Gasteiger partial charge in [0.25, 0.3) is 0 Å². The molecule has 0 aromatic rings. The van der Waals surface area contributed by atoms with Crippen LogP contribution in [0.25, 0.3) is 0 Å². The third kappa shape index (κ3) is 4.94. The first kappa shape index (κ1) is 14.9. The topological polar surface area (TPSA) is 63.4 Å². The highest BCUT2D eigenvalue weighted by molar-refractivity contribution is 7.91. The van der Waals surface area contributed by atoms with Gasteiger partial charge in [-0.05, 0) is 44.3 Å². The van der Waals surface area contributed by atoms with Crippen molar-refractivity contribution in [2.24, 2.45) is 17.6 Å². The number of nitrogens with zero attached hydrogens (tertiary/aromatic N) is 1. The van der Waals surface area contributed by atoms with E-state index in [1.807, 2.05) is 0 Å². The summed E-state index contributed by atoms with van der Waals surface area (Å²) in [5.74, 6) is 1.86. The smallest absolute Gasteiger partial charge is 0.150 e. The maximum Gasteiger partial charge on any atom is 0.150 e. The number of sulfone groups is 1. The van der Waals surface area contributed by atoms with Crippen LogP contribution in [0.1, 0.15) is 26.7 Å². The Morgan fingerprint density at radius 2 is 2.12 bits per heavy atom. The molecule has 0 saturated carbocycles. The monoisotopic (exact) mass is 262 g/mol. The maximum absolute atomic E-state index is 11.4. The fourth-order valence-corrected chi connectivity index (χ4v) is 3.24. The van der Waals surface area contributed by atoms with Gasteiger partial charge in [0.15, 0.2) is 0 Å². The zero-order valence-corrected chi connectivity index (χ0v) is 11.9. The number of likely N-dealkylation sites (tertiary alicyclic amines) is 1. The second kappa shape index (κ2) is 6.71. The molecule has 0 amide bonds. The number of piperidine rings is 1. The van der Waals surface area contributed by atoms with Crippen molar-refractivity contribution in [1.82, 2.24) is 4.90 Å². The molecule has 102 valence electrons. The maximum atomic E-state index is 11.4. The minimum Gasteiger partial charge on any atom is -0.330 e. The van der Waals surface area contributed by atoms with Gasteiger partial charge in [0.2, 0.25) is 0 Å². The molecule has 0 bridgehead atoms. The van der Waals surface area contributed by atoms with Crippen molar-refractivity contribution in [3.63, 3.8) is 0 Å². The first-order chi connectivity index (χ1) is 7.98. The van der Waals surface area contributed by atoms with Gasteiger partial charge in [-0.15, -0.1) is 0 Å². The summed E-state index contributed by atoms with van der Waals surface area (Å²) in [5.41, 5.74) is 5.75. The third-order valence-corrected chi connectivity index (χ3v) is 5.66. The molecular weight excluding hydrogens is 236 g/mol. The fourth-order valence-electron chi connectivity index (χ4n) is 2.39. The van der Waals surface area contributed by atoms with Crippen LogP contribution in [0, 0.1) is 11.8 Å². The van der Waals surface area contributed by atoms with Gasteiger partial charge < -0.3 is 10.6 Å². The van der Waals surface area contributed by atoms with E-state index in [9.17, 15) is 8.42 Å². The summed E-state index contributed by atoms with van der Waals surface area (Å²) in [5, 5.41) is 0. The Bertz CT molecular complexity index is 316. The quantitative estimate of drug-likeness (QED) is 0.766. The molecule has 1 aliphatic heterocycles. The van der Waals surface area contributed by atoms with E-state index in [1.165, 1.54) is 6.42 Å². The van der Waals surface area contributed by atoms with E-state index >= 15 is 0 Å². The predicted molar refractivity (Wildman–Crippen MR) is 71.7 cm³/mol. The average molecular weight is 262 g/mol. The lowest BCUT2D eigenvalue weighted by Gasteiger charge is -2.36. The molecule has 1 fully saturated rings. The number of hydrogen-bond donors (Lipinski definition) is 1. The van der Waals surface area contributed by atoms with E-state index < -0.39 is 9.84 Å². The van der Waals surface area contributed by atoms with E-state index in [2.05, 4.69) is 11.8 Å². The minimum absolute atomic E-state index is 0.259. The molecule has 2 atom stereocenters. The SMILES string of the molecule is CCS(=O)(=O)CCCN1CCC(C)C(CN)C1. The lowest BCUT2D eigenvalue weighted by Crippen LogP contribution is -2.43. The number of hydrogen-bond acceptors (Lipinski definition) is 4. The number of rotatable bonds is 6. The molecule has 1 saturated heterocycles. The molecule has 1 heterocycles. The Hall–Kier alpha value is -0.130. The largest absolute Gasteiger partial charge is 0.330 e. The van der Waals surface area contributed by atoms with Gasteiger partial charge in [-0.3, -0.25) is 0 Å². The summed E-state index contributed by atoms with van der Waals surface area (Å²) in [4.78, 5) is 2.36. The number of nitrogens with two attached hydrogens (primary N) is 1. The lowest BCUT2D eigenvalue weighted by molar-refractivity contribution is 0.133. The molecule has 17 heavy (non-hydrogen) atoms. The standard InChI is InChI=1S/C12H26N2O2S/c1-3-17(15,16)8-4-6-14-7-5-11(2)12(9-13)10-14/h11-12H,3-10,13H2,1-2H3. The average Bonchev–Trinajstić information content (AvgIpc) is 2.31. The van der Waals surface area contributed by atoms with Crippen LogP contribution in [-0.2, 0) is 9.84 Å². The van der Waals surface area contributed by atoms with Gasteiger partial charge in [-0.1, -0.05) is 13.8 Å². The van der Waals surface area contributed by atoms with Crippen molar-refractivity contribution in [2.75, 3.05) is 37.7 Å². The Morgan fingerprint density at radius 3 is 2.71 bits per heavy atom. The molecule has 0 spiro atoms. The minimum atomic E-state index is -2.80. The second-order valence-electron chi connectivity index (χ2n) is 5.15. The molecule has 0 aromatic carbocycles. The predicted octanol–water partition coefficient (Wildman–Crippen LogP) is 0.728. The molecule has 5 heteroatoms. The van der Waals surface area contributed by atoms with Crippen LogP contribution < -0.4 is 5.73 Å². The summed E-state index contributed by atoms with van der Waals surface area (Å²) >= 11 is 0. The summed E-state index contributed by atoms with van der Waals surface area (Å²) < 4.78 is 22.8. The van der Waals surface area contributed by atoms with E-state index in [1.54, 1.807) is 6.92 Å². The summed E-state index contributed by atoms with van der Waals surface area (Å²) in [6.45, 7) is 7.72. The van der Waals surface area contributed by atoms with Crippen molar-refractivity contribution >= 4 is 9.84 Å². The molecule has 1 rings (SSSR count). The van der Waals surface area contributed by atoms with E-state index in [0.717, 1.165) is 32.6 Å². The van der Waals surface area contributed by atoms with Crippen molar-refractivity contribution in [2.45, 2.75) is 26.7 Å². The highest BCUT2D eigenvalue weighted by atomic mass is 32.2. The molecule has 2 unspecified atom stereocenters. The fraction of sp³-hybridized carbons (Fsp3) is 1.00. The first-order valence-corrected chi connectivity index (χ1v) is 8.43. The van der Waals surface area contributed by atoms with E-state index in [4.69, 9.17) is 5.73 Å². The summed E-state index contributed by atoms with van der Waals surface area (Å²) in [6.07, 6.45) is 1.93. The van der Waals surface area contributed by atoms with Gasteiger partial charge in [0.1, 0.15) is 9.84 Å². The normalized spacial score (nSPS) is 27.2. The van der Waals surface area contributed by atoms with E-state index in [0.29, 0.717) is 17.6 Å². The molecule has 0 aromatic heterocycles. The van der Waals surface area contributed by atoms with Crippen LogP contribution in [0.5, 0.6) is 0 Å². The third-order valence-electron chi connectivity index (χ3n) is 3.87. The van der Waals surface area contributed by atoms with Crippen LogP contribution in [0.3, 0.4) is 0 Å². The molecule has 2 N–H and O–H groups in total. The molecule has 0 aliphatic carbocycles. The molecule has 1 aliphatic rings. The summed E-state index contributed by atoms with van der Waals surface area (Å²) in [7, 11) is -2.80. The lowest BCUT2D eigenvalue weighted by atomic mass is 9.87. The molecule has 4 nitrogen and oxygen atoms in total. The molecular formula is C12H26N2O2S. The van der Waals surface area contributed by atoms with Gasteiger partial charge >= 0.3 is 0 Å². The van der Waals surface area contributed by atoms with Crippen molar-refractivity contribution in [3.8, 4) is 0 Å². The Kier molecular flexibility index (Phi) is 5.89. The second-order valence-corrected chi connectivity index (χ2v) is 7.63. The van der Waals surface area contributed by atoms with Gasteiger partial charge in [-0.25, -0.2) is 8.42 Å². The Labute approximate surface area is 105 Å². The van der Waals surface area contributed by atoms with Crippen molar-refractivity contribution in [1.29, 1.82) is 0 Å². The van der Waals surface area contributed by atoms with Crippen LogP contribution in [0.4, 0.5) is 0 Å². The van der Waals surface area contributed by atoms with Gasteiger partial charge in [0.05, 0.1) is 5.75 Å². The van der Waals surface area contributed by atoms with Crippen LogP contribution in [-0.4, -0.2) is 51.0 Å². The van der Waals surface area contributed by atoms with Crippen molar-refractivity contribution in [3.05, 3.63) is 0 Å². The zero-order valence-electron chi connectivity index (χ0n) is 11.1. The molecule has 0 radical (unpaired) electrons.